The van der Waals surface area contributed by atoms with Crippen LogP contribution in [0.1, 0.15) is 11.5 Å². The van der Waals surface area contributed by atoms with E-state index in [1.54, 1.807) is 12.1 Å². The molecule has 1 aromatic carbocycles. The molecular weight excluding hydrogens is 335 g/mol. The predicted molar refractivity (Wildman–Crippen MR) is 85.7 cm³/mol. The minimum absolute atomic E-state index is 0.304. The quantitative estimate of drug-likeness (QED) is 0.623. The van der Waals surface area contributed by atoms with Crippen molar-refractivity contribution in [3.05, 3.63) is 56.9 Å². The number of anilines is 1. The molecule has 0 saturated carbocycles. The summed E-state index contributed by atoms with van der Waals surface area (Å²) in [5.41, 5.74) is 5.47. The summed E-state index contributed by atoms with van der Waals surface area (Å²) in [4.78, 5) is 11.7. The minimum atomic E-state index is -0.383. The SMILES string of the molecule is Cc1ccc(/C=C/C(=O)NNc2c(Cl)cc(Cl)cc2Cl)o1. The van der Waals surface area contributed by atoms with Crippen molar-refractivity contribution in [1.29, 1.82) is 0 Å². The van der Waals surface area contributed by atoms with Crippen molar-refractivity contribution in [1.82, 2.24) is 5.43 Å². The van der Waals surface area contributed by atoms with Crippen LogP contribution in [0.3, 0.4) is 0 Å². The second kappa shape index (κ2) is 6.89. The number of aryl methyl sites for hydroxylation is 1. The fraction of sp³-hybridized carbons (Fsp3) is 0.0714. The van der Waals surface area contributed by atoms with Gasteiger partial charge in [0.2, 0.25) is 0 Å². The molecule has 1 heterocycles. The van der Waals surface area contributed by atoms with Crippen molar-refractivity contribution in [3.63, 3.8) is 0 Å². The fourth-order valence-electron chi connectivity index (χ4n) is 1.53. The van der Waals surface area contributed by atoms with Crippen LogP contribution in [-0.4, -0.2) is 5.91 Å². The molecule has 0 fully saturated rings. The highest BCUT2D eigenvalue weighted by Gasteiger charge is 2.08. The third-order valence-corrected chi connectivity index (χ3v) is 3.29. The van der Waals surface area contributed by atoms with Crippen LogP contribution in [0.15, 0.2) is 34.8 Å². The summed E-state index contributed by atoms with van der Waals surface area (Å²) in [6.07, 6.45) is 2.87. The Balaban J connectivity index is 1.97. The zero-order valence-corrected chi connectivity index (χ0v) is 13.2. The zero-order valence-electron chi connectivity index (χ0n) is 10.9. The van der Waals surface area contributed by atoms with Crippen LogP contribution in [0.5, 0.6) is 0 Å². The molecule has 0 spiro atoms. The van der Waals surface area contributed by atoms with Gasteiger partial charge in [0, 0.05) is 11.1 Å². The summed E-state index contributed by atoms with van der Waals surface area (Å²) >= 11 is 17.8. The molecule has 2 rings (SSSR count). The minimum Gasteiger partial charge on any atom is -0.462 e. The van der Waals surface area contributed by atoms with Crippen molar-refractivity contribution >= 4 is 52.5 Å². The molecule has 2 N–H and O–H groups in total. The Kier molecular flexibility index (Phi) is 5.17. The second-order valence-electron chi connectivity index (χ2n) is 4.14. The molecule has 0 aliphatic heterocycles. The van der Waals surface area contributed by atoms with Gasteiger partial charge in [-0.25, -0.2) is 0 Å². The molecule has 0 bridgehead atoms. The molecule has 4 nitrogen and oxygen atoms in total. The Bertz CT molecular complexity index is 672. The van der Waals surface area contributed by atoms with E-state index in [9.17, 15) is 4.79 Å². The standard InChI is InChI=1S/C14H11Cl3N2O2/c1-8-2-3-10(21-8)4-5-13(20)18-19-14-11(16)6-9(15)7-12(14)17/h2-7,19H,1H3,(H,18,20)/b5-4+. The number of carbonyl (C=O) groups excluding carboxylic acids is 1. The highest BCUT2D eigenvalue weighted by atomic mass is 35.5. The van der Waals surface area contributed by atoms with Gasteiger partial charge in [-0.15, -0.1) is 0 Å². The molecule has 0 aliphatic carbocycles. The Labute approximate surface area is 136 Å². The van der Waals surface area contributed by atoms with Crippen molar-refractivity contribution in [2.24, 2.45) is 0 Å². The van der Waals surface area contributed by atoms with E-state index >= 15 is 0 Å². The molecule has 0 saturated heterocycles. The average Bonchev–Trinajstić information content (AvgIpc) is 2.81. The monoisotopic (exact) mass is 344 g/mol. The first kappa shape index (κ1) is 15.8. The van der Waals surface area contributed by atoms with Crippen LogP contribution < -0.4 is 10.9 Å². The van der Waals surface area contributed by atoms with Crippen LogP contribution in [0.25, 0.3) is 6.08 Å². The normalized spacial score (nSPS) is 10.9. The summed E-state index contributed by atoms with van der Waals surface area (Å²) in [6.45, 7) is 1.82. The number of hydrazine groups is 1. The third kappa shape index (κ3) is 4.43. The van der Waals surface area contributed by atoms with E-state index in [0.29, 0.717) is 26.5 Å². The molecule has 21 heavy (non-hydrogen) atoms. The number of hydrogen-bond acceptors (Lipinski definition) is 3. The van der Waals surface area contributed by atoms with Crippen LogP contribution in [-0.2, 0) is 4.79 Å². The van der Waals surface area contributed by atoms with Crippen LogP contribution in [0.2, 0.25) is 15.1 Å². The van der Waals surface area contributed by atoms with Crippen LogP contribution in [0.4, 0.5) is 5.69 Å². The largest absolute Gasteiger partial charge is 0.462 e. The number of amides is 1. The Hall–Kier alpha value is -1.62. The molecule has 0 unspecified atom stereocenters. The summed E-state index contributed by atoms with van der Waals surface area (Å²) < 4.78 is 5.30. The van der Waals surface area contributed by atoms with Gasteiger partial charge in [0.25, 0.3) is 5.91 Å². The van der Waals surface area contributed by atoms with Gasteiger partial charge < -0.3 is 4.42 Å². The maximum absolute atomic E-state index is 11.7. The lowest BCUT2D eigenvalue weighted by molar-refractivity contribution is -0.115. The van der Waals surface area contributed by atoms with Gasteiger partial charge in [-0.3, -0.25) is 15.6 Å². The van der Waals surface area contributed by atoms with Crippen LogP contribution >= 0.6 is 34.8 Å². The van der Waals surface area contributed by atoms with Crippen molar-refractivity contribution in [2.45, 2.75) is 6.92 Å². The van der Waals surface area contributed by atoms with Crippen molar-refractivity contribution in [2.75, 3.05) is 5.43 Å². The number of nitrogens with one attached hydrogen (secondary N) is 2. The molecule has 0 radical (unpaired) electrons. The highest BCUT2D eigenvalue weighted by molar-refractivity contribution is 6.41. The summed E-state index contributed by atoms with van der Waals surface area (Å²) in [5, 5.41) is 1.02. The molecule has 0 aliphatic rings. The third-order valence-electron chi connectivity index (χ3n) is 2.48. The van der Waals surface area contributed by atoms with E-state index in [1.807, 2.05) is 13.0 Å². The molecule has 110 valence electrons. The van der Waals surface area contributed by atoms with Gasteiger partial charge in [-0.2, -0.15) is 0 Å². The lowest BCUT2D eigenvalue weighted by Crippen LogP contribution is -2.27. The Morgan fingerprint density at radius 3 is 2.43 bits per heavy atom. The predicted octanol–water partition coefficient (Wildman–Crippen LogP) is 4.70. The number of carbonyl (C=O) groups is 1. The van der Waals surface area contributed by atoms with Gasteiger partial charge in [0.15, 0.2) is 0 Å². The lowest BCUT2D eigenvalue weighted by atomic mass is 10.3. The summed E-state index contributed by atoms with van der Waals surface area (Å²) in [5.74, 6) is 0.976. The van der Waals surface area contributed by atoms with Gasteiger partial charge in [-0.05, 0) is 37.3 Å². The van der Waals surface area contributed by atoms with Crippen LogP contribution in [0, 0.1) is 6.92 Å². The first-order valence-electron chi connectivity index (χ1n) is 5.91. The van der Waals surface area contributed by atoms with Crippen molar-refractivity contribution < 1.29 is 9.21 Å². The maximum Gasteiger partial charge on any atom is 0.262 e. The molecule has 1 aromatic heterocycles. The molecule has 0 atom stereocenters. The molecule has 1 amide bonds. The van der Waals surface area contributed by atoms with Crippen molar-refractivity contribution in [3.8, 4) is 0 Å². The molecule has 2 aromatic rings. The topological polar surface area (TPSA) is 54.3 Å². The van der Waals surface area contributed by atoms with Gasteiger partial charge in [-0.1, -0.05) is 34.8 Å². The number of rotatable bonds is 4. The van der Waals surface area contributed by atoms with E-state index in [4.69, 9.17) is 39.2 Å². The number of halogens is 3. The highest BCUT2D eigenvalue weighted by Crippen LogP contribution is 2.32. The van der Waals surface area contributed by atoms with Gasteiger partial charge in [0.05, 0.1) is 15.7 Å². The lowest BCUT2D eigenvalue weighted by Gasteiger charge is -2.10. The first-order valence-corrected chi connectivity index (χ1v) is 7.04. The second-order valence-corrected chi connectivity index (χ2v) is 5.39. The Morgan fingerprint density at radius 1 is 1.19 bits per heavy atom. The van der Waals surface area contributed by atoms with E-state index < -0.39 is 0 Å². The van der Waals surface area contributed by atoms with E-state index in [-0.39, 0.29) is 5.91 Å². The average molecular weight is 346 g/mol. The molecule has 7 heteroatoms. The van der Waals surface area contributed by atoms with E-state index in [2.05, 4.69) is 10.9 Å². The number of benzene rings is 1. The number of furan rings is 1. The van der Waals surface area contributed by atoms with Gasteiger partial charge >= 0.3 is 0 Å². The summed E-state index contributed by atoms with van der Waals surface area (Å²) in [6, 6.07) is 6.61. The fourth-order valence-corrected chi connectivity index (χ4v) is 2.44. The van der Waals surface area contributed by atoms with E-state index in [1.165, 1.54) is 18.2 Å². The maximum atomic E-state index is 11.7. The first-order chi connectivity index (χ1) is 9.95. The Morgan fingerprint density at radius 2 is 1.86 bits per heavy atom. The number of hydrogen-bond donors (Lipinski definition) is 2. The summed E-state index contributed by atoms with van der Waals surface area (Å²) in [7, 11) is 0. The van der Waals surface area contributed by atoms with Gasteiger partial charge in [0.1, 0.15) is 11.5 Å². The molecular formula is C14H11Cl3N2O2. The zero-order chi connectivity index (χ0) is 15.4. The smallest absolute Gasteiger partial charge is 0.262 e. The van der Waals surface area contributed by atoms with E-state index in [0.717, 1.165) is 5.76 Å².